The number of rotatable bonds is 16. The van der Waals surface area contributed by atoms with Gasteiger partial charge in [-0.1, -0.05) is 133 Å². The minimum atomic E-state index is -2.71. The van der Waals surface area contributed by atoms with Crippen molar-refractivity contribution in [2.45, 2.75) is 136 Å². The van der Waals surface area contributed by atoms with Gasteiger partial charge in [-0.25, -0.2) is 0 Å². The van der Waals surface area contributed by atoms with Crippen LogP contribution in [0.15, 0.2) is 97.1 Å². The van der Waals surface area contributed by atoms with Crippen LogP contribution in [0.1, 0.15) is 81.2 Å². The monoisotopic (exact) mass is 746 g/mol. The molecule has 0 bridgehead atoms. The van der Waals surface area contributed by atoms with E-state index < -0.39 is 22.4 Å². The Morgan fingerprint density at radius 3 is 1.83 bits per heavy atom. The SMILES string of the molecule is COc1ccc(COC(C=C[C@@H](C)[C@H](C)O[Si](C)(C)C(C)(C)C)[C@H]2OC(C)(C)O[C@H]2CCO[Si](c2ccccc2)(c2ccccc2)C(C)(C)C)cc1. The smallest absolute Gasteiger partial charge is 0.261 e. The highest BCUT2D eigenvalue weighted by Crippen LogP contribution is 2.40. The molecular formula is C44H66O6Si2. The summed E-state index contributed by atoms with van der Waals surface area (Å²) in [6, 6.07) is 29.6. The lowest BCUT2D eigenvalue weighted by Crippen LogP contribution is -2.66. The Kier molecular flexibility index (Phi) is 14.0. The molecule has 286 valence electrons. The Bertz CT molecular complexity index is 1500. The Morgan fingerprint density at radius 2 is 1.33 bits per heavy atom. The molecule has 0 saturated carbocycles. The van der Waals surface area contributed by atoms with Gasteiger partial charge < -0.3 is 27.8 Å². The van der Waals surface area contributed by atoms with Crippen molar-refractivity contribution in [1.29, 1.82) is 0 Å². The second kappa shape index (κ2) is 17.3. The summed E-state index contributed by atoms with van der Waals surface area (Å²) in [5, 5.41) is 2.55. The maximum Gasteiger partial charge on any atom is 0.261 e. The first-order valence-electron chi connectivity index (χ1n) is 19.0. The van der Waals surface area contributed by atoms with E-state index in [0.717, 1.165) is 11.3 Å². The minimum Gasteiger partial charge on any atom is -0.497 e. The van der Waals surface area contributed by atoms with Crippen molar-refractivity contribution < 1.29 is 27.8 Å². The van der Waals surface area contributed by atoms with Crippen molar-refractivity contribution >= 4 is 27.0 Å². The highest BCUT2D eigenvalue weighted by molar-refractivity contribution is 6.99. The Morgan fingerprint density at radius 1 is 0.769 bits per heavy atom. The molecule has 1 aliphatic rings. The summed E-state index contributed by atoms with van der Waals surface area (Å²) >= 11 is 0. The lowest BCUT2D eigenvalue weighted by atomic mass is 10.0. The standard InChI is InChI=1S/C44H66O6Si2/c1-33(34(2)50-51(12,13)42(3,4)5)24-29-39(46-32-35-25-27-36(45-11)28-26-35)41-40(48-44(9,10)49-41)30-31-47-52(43(6,7)8,37-20-16-14-17-21-37)38-22-18-15-19-23-38/h14-29,33-34,39-41H,30-32H2,1-13H3/t33-,34+,39?,40+,41-/m1/s1. The van der Waals surface area contributed by atoms with Crippen LogP contribution < -0.4 is 15.1 Å². The summed E-state index contributed by atoms with van der Waals surface area (Å²) in [5.74, 6) is 0.223. The van der Waals surface area contributed by atoms with Crippen molar-refractivity contribution in [3.05, 3.63) is 103 Å². The number of hydrogen-bond donors (Lipinski definition) is 0. The lowest BCUT2D eigenvalue weighted by Gasteiger charge is -2.43. The second-order valence-corrected chi connectivity index (χ2v) is 26.5. The highest BCUT2D eigenvalue weighted by atomic mass is 28.4. The third kappa shape index (κ3) is 10.3. The Labute approximate surface area is 317 Å². The summed E-state index contributed by atoms with van der Waals surface area (Å²) in [4.78, 5) is 0. The quantitative estimate of drug-likeness (QED) is 0.108. The largest absolute Gasteiger partial charge is 0.497 e. The van der Waals surface area contributed by atoms with E-state index in [1.807, 2.05) is 38.1 Å². The molecule has 0 aliphatic carbocycles. The van der Waals surface area contributed by atoms with Gasteiger partial charge in [0.05, 0.1) is 19.8 Å². The van der Waals surface area contributed by atoms with Crippen LogP contribution >= 0.6 is 0 Å². The molecule has 3 aromatic carbocycles. The van der Waals surface area contributed by atoms with Gasteiger partial charge in [0.2, 0.25) is 0 Å². The third-order valence-electron chi connectivity index (χ3n) is 10.9. The van der Waals surface area contributed by atoms with Gasteiger partial charge in [0, 0.05) is 12.7 Å². The molecule has 4 rings (SSSR count). The molecule has 1 heterocycles. The molecule has 1 aliphatic heterocycles. The van der Waals surface area contributed by atoms with Crippen LogP contribution in [-0.2, 0) is 29.7 Å². The van der Waals surface area contributed by atoms with Crippen LogP contribution in [0.25, 0.3) is 0 Å². The van der Waals surface area contributed by atoms with Crippen molar-refractivity contribution in [3.8, 4) is 5.75 Å². The van der Waals surface area contributed by atoms with Crippen LogP contribution in [-0.4, -0.2) is 60.6 Å². The van der Waals surface area contributed by atoms with Gasteiger partial charge in [0.25, 0.3) is 8.32 Å². The summed E-state index contributed by atoms with van der Waals surface area (Å²) < 4.78 is 39.6. The van der Waals surface area contributed by atoms with Crippen LogP contribution in [0, 0.1) is 5.92 Å². The minimum absolute atomic E-state index is 0.0622. The zero-order valence-electron chi connectivity index (χ0n) is 34.2. The third-order valence-corrected chi connectivity index (χ3v) is 20.5. The molecule has 6 nitrogen and oxygen atoms in total. The first-order valence-corrected chi connectivity index (χ1v) is 23.8. The van der Waals surface area contributed by atoms with Crippen molar-refractivity contribution in [2.24, 2.45) is 5.92 Å². The van der Waals surface area contributed by atoms with Gasteiger partial charge in [0.15, 0.2) is 14.1 Å². The number of methoxy groups -OCH3 is 1. The van der Waals surface area contributed by atoms with E-state index >= 15 is 0 Å². The van der Waals surface area contributed by atoms with E-state index in [9.17, 15) is 0 Å². The van der Waals surface area contributed by atoms with E-state index in [2.05, 4.69) is 141 Å². The highest BCUT2D eigenvalue weighted by Gasteiger charge is 2.51. The Balaban J connectivity index is 1.61. The molecule has 0 N–H and O–H groups in total. The van der Waals surface area contributed by atoms with Gasteiger partial charge in [-0.15, -0.1) is 0 Å². The molecule has 3 aromatic rings. The molecule has 0 amide bonds. The average molecular weight is 747 g/mol. The second-order valence-electron chi connectivity index (χ2n) is 17.4. The predicted octanol–water partition coefficient (Wildman–Crippen LogP) is 9.67. The molecule has 0 spiro atoms. The van der Waals surface area contributed by atoms with Gasteiger partial charge >= 0.3 is 0 Å². The molecule has 52 heavy (non-hydrogen) atoms. The normalized spacial score (nSPS) is 20.2. The fraction of sp³-hybridized carbons (Fsp3) is 0.545. The molecule has 0 aromatic heterocycles. The summed E-state index contributed by atoms with van der Waals surface area (Å²) in [6.07, 6.45) is 4.20. The first kappa shape index (κ1) is 42.2. The fourth-order valence-electron chi connectivity index (χ4n) is 6.82. The lowest BCUT2D eigenvalue weighted by molar-refractivity contribution is -0.156. The fourth-order valence-corrected chi connectivity index (χ4v) is 12.9. The molecule has 0 radical (unpaired) electrons. The van der Waals surface area contributed by atoms with E-state index in [4.69, 9.17) is 27.8 Å². The van der Waals surface area contributed by atoms with Crippen molar-refractivity contribution in [3.63, 3.8) is 0 Å². The maximum absolute atomic E-state index is 7.30. The molecule has 5 atom stereocenters. The first-order chi connectivity index (χ1) is 24.3. The van der Waals surface area contributed by atoms with Gasteiger partial charge in [0.1, 0.15) is 18.0 Å². The zero-order valence-corrected chi connectivity index (χ0v) is 36.2. The van der Waals surface area contributed by atoms with Gasteiger partial charge in [-0.05, 0) is 84.4 Å². The van der Waals surface area contributed by atoms with Crippen LogP contribution in [0.4, 0.5) is 0 Å². The van der Waals surface area contributed by atoms with Crippen molar-refractivity contribution in [1.82, 2.24) is 0 Å². The van der Waals surface area contributed by atoms with E-state index in [1.54, 1.807) is 7.11 Å². The van der Waals surface area contributed by atoms with Gasteiger partial charge in [-0.2, -0.15) is 0 Å². The average Bonchev–Trinajstić information content (AvgIpc) is 3.39. The van der Waals surface area contributed by atoms with Crippen LogP contribution in [0.3, 0.4) is 0 Å². The number of hydrogen-bond acceptors (Lipinski definition) is 6. The summed E-state index contributed by atoms with van der Waals surface area (Å²) in [6.45, 7) is 27.7. The van der Waals surface area contributed by atoms with E-state index in [0.29, 0.717) is 19.6 Å². The maximum atomic E-state index is 7.30. The van der Waals surface area contributed by atoms with E-state index in [1.165, 1.54) is 10.4 Å². The van der Waals surface area contributed by atoms with Crippen LogP contribution in [0.5, 0.6) is 5.75 Å². The van der Waals surface area contributed by atoms with Crippen molar-refractivity contribution in [2.75, 3.05) is 13.7 Å². The molecule has 8 heteroatoms. The van der Waals surface area contributed by atoms with E-state index in [-0.39, 0.29) is 40.4 Å². The van der Waals surface area contributed by atoms with Gasteiger partial charge in [-0.3, -0.25) is 0 Å². The predicted molar refractivity (Wildman–Crippen MR) is 220 cm³/mol. The topological polar surface area (TPSA) is 55.4 Å². The number of benzene rings is 3. The molecule has 1 unspecified atom stereocenters. The molecule has 1 saturated heterocycles. The zero-order chi connectivity index (χ0) is 38.4. The number of ether oxygens (including phenoxy) is 4. The molecule has 1 fully saturated rings. The Hall–Kier alpha value is -2.57. The summed E-state index contributed by atoms with van der Waals surface area (Å²) in [7, 11) is -2.97. The van der Waals surface area contributed by atoms with Crippen LogP contribution in [0.2, 0.25) is 23.2 Å². The summed E-state index contributed by atoms with van der Waals surface area (Å²) in [5.41, 5.74) is 1.06. The molecular weight excluding hydrogens is 681 g/mol.